The number of rotatable bonds is 73. The van der Waals surface area contributed by atoms with E-state index >= 15 is 4.79 Å². The first kappa shape index (κ1) is 120. The maximum atomic E-state index is 15.1. The number of nitrogens with zero attached hydrogens (tertiary/aromatic N) is 3. The molecule has 3 aromatic carbocycles. The number of unbranched alkanes of at least 4 members (excludes halogenated alkanes) is 9. The number of aliphatic carboxylic acids is 4. The Morgan fingerprint density at radius 3 is 1.82 bits per heavy atom. The normalized spacial score (nSPS) is 15.1. The summed E-state index contributed by atoms with van der Waals surface area (Å²) < 4.78 is 17.0. The van der Waals surface area contributed by atoms with E-state index in [0.29, 0.717) is 43.4 Å². The number of piperidine rings is 1. The van der Waals surface area contributed by atoms with Crippen molar-refractivity contribution in [3.63, 3.8) is 0 Å². The highest BCUT2D eigenvalue weighted by atomic mass is 33.1. The number of thiazole rings is 1. The second-order valence-electron chi connectivity index (χ2n) is 36.7. The Morgan fingerprint density at radius 1 is 0.589 bits per heavy atom. The summed E-state index contributed by atoms with van der Waals surface area (Å²) in [5.41, 5.74) is 8.43. The minimum absolute atomic E-state index is 0.00750. The molecule has 1 aliphatic rings. The van der Waals surface area contributed by atoms with Crippen LogP contribution in [0.5, 0.6) is 5.75 Å². The highest BCUT2D eigenvalue weighted by Crippen LogP contribution is 2.35. The number of Topliss-reactive ketones (excluding diaryl/α,β-unsaturated/α-hetero) is 5. The molecule has 40 heteroatoms. The number of alkyl carbamates (subject to hydrolysis) is 1. The predicted octanol–water partition coefficient (Wildman–Crippen LogP) is 11.7. The molecule has 0 bridgehead atoms. The van der Waals surface area contributed by atoms with Crippen molar-refractivity contribution in [2.24, 2.45) is 47.2 Å². The number of carboxylic acid groups (broad SMARTS) is 4. The number of benzene rings is 3. The van der Waals surface area contributed by atoms with E-state index in [1.54, 1.807) is 61.5 Å². The number of ether oxygens (including phenoxy) is 3. The zero-order chi connectivity index (χ0) is 104. The lowest BCUT2D eigenvalue weighted by atomic mass is 9.82. The molecule has 13 atom stereocenters. The lowest BCUT2D eigenvalue weighted by Crippen LogP contribution is -2.50. The Hall–Kier alpha value is -11.2. The molecule has 0 radical (unpaired) electrons. The van der Waals surface area contributed by atoms with Crippen LogP contribution in [0.25, 0.3) is 0 Å². The summed E-state index contributed by atoms with van der Waals surface area (Å²) in [7, 11) is 4.03. The molecule has 1 saturated heterocycles. The summed E-state index contributed by atoms with van der Waals surface area (Å²) in [6, 6.07) is 17.8. The largest absolute Gasteiger partial charge is 0.508 e. The van der Waals surface area contributed by atoms with Gasteiger partial charge < -0.3 is 87.6 Å². The fraction of sp³-hybridized carbons (Fsp3) is 0.614. The minimum Gasteiger partial charge on any atom is -0.508 e. The van der Waals surface area contributed by atoms with Crippen LogP contribution in [0.3, 0.4) is 0 Å². The van der Waals surface area contributed by atoms with Gasteiger partial charge in [0.25, 0.3) is 5.91 Å². The summed E-state index contributed by atoms with van der Waals surface area (Å²) in [5, 5.41) is 68.6. The van der Waals surface area contributed by atoms with Crippen molar-refractivity contribution < 1.29 is 126 Å². The molecule has 0 spiro atoms. The van der Waals surface area contributed by atoms with Gasteiger partial charge in [0.05, 0.1) is 37.0 Å². The lowest BCUT2D eigenvalue weighted by Gasteiger charge is -2.39. The Labute approximate surface area is 837 Å². The maximum absolute atomic E-state index is 15.1. The molecule has 8 amide bonds. The number of likely N-dealkylation sites (N-methyl/N-ethyl adjacent to an activating group) is 1. The highest BCUT2D eigenvalue weighted by molar-refractivity contribution is 8.76. The van der Waals surface area contributed by atoms with Crippen LogP contribution in [0.4, 0.5) is 9.59 Å². The fourth-order valence-electron chi connectivity index (χ4n) is 16.4. The number of carboxylic acids is 4. The van der Waals surface area contributed by atoms with Crippen LogP contribution in [-0.2, 0) is 105 Å². The van der Waals surface area contributed by atoms with Gasteiger partial charge in [0.1, 0.15) is 34.9 Å². The van der Waals surface area contributed by atoms with Gasteiger partial charge >= 0.3 is 47.9 Å². The molecule has 1 fully saturated rings. The van der Waals surface area contributed by atoms with Crippen molar-refractivity contribution in [2.75, 3.05) is 64.6 Å². The molecule has 780 valence electrons. The van der Waals surface area contributed by atoms with E-state index in [1.807, 2.05) is 64.8 Å². The van der Waals surface area contributed by atoms with E-state index in [0.717, 1.165) is 116 Å². The molecule has 0 aliphatic carbocycles. The van der Waals surface area contributed by atoms with Crippen LogP contribution in [0, 0.1) is 41.4 Å². The number of phenolic OH excluding ortho intramolecular Hbond substituents is 1. The average molecular weight is 2030 g/mol. The van der Waals surface area contributed by atoms with E-state index in [2.05, 4.69) is 42.2 Å². The number of phenols is 1. The summed E-state index contributed by atoms with van der Waals surface area (Å²) >= 11 is 1.04. The van der Waals surface area contributed by atoms with Crippen LogP contribution in [0.15, 0.2) is 90.3 Å². The van der Waals surface area contributed by atoms with Gasteiger partial charge in [-0.25, -0.2) is 19.4 Å². The zero-order valence-electron chi connectivity index (χ0n) is 82.5. The summed E-state index contributed by atoms with van der Waals surface area (Å²) in [4.78, 5) is 246. The molecule has 0 saturated carbocycles. The zero-order valence-corrected chi connectivity index (χ0v) is 84.9. The predicted molar refractivity (Wildman–Crippen MR) is 532 cm³/mol. The first-order chi connectivity index (χ1) is 67.2. The number of aromatic nitrogens is 1. The second kappa shape index (κ2) is 66.5. The Morgan fingerprint density at radius 2 is 1.21 bits per heavy atom. The number of ketones is 5. The Balaban J connectivity index is 1.08. The third-order valence-corrected chi connectivity index (χ3v) is 28.2. The van der Waals surface area contributed by atoms with Crippen molar-refractivity contribution in [3.8, 4) is 5.75 Å². The van der Waals surface area contributed by atoms with Gasteiger partial charge in [0.15, 0.2) is 36.0 Å². The van der Waals surface area contributed by atoms with Crippen molar-refractivity contribution in [1.82, 2.24) is 52.0 Å². The van der Waals surface area contributed by atoms with Crippen LogP contribution in [-0.4, -0.2) is 248 Å². The highest BCUT2D eigenvalue weighted by Gasteiger charge is 2.41. The maximum Gasteiger partial charge on any atom is 0.407 e. The summed E-state index contributed by atoms with van der Waals surface area (Å²) in [6.45, 7) is 11.9. The summed E-state index contributed by atoms with van der Waals surface area (Å²) in [6.07, 6.45) is 8.11. The number of amides is 8. The lowest BCUT2D eigenvalue weighted by molar-refractivity contribution is -0.162. The van der Waals surface area contributed by atoms with Gasteiger partial charge in [0.2, 0.25) is 23.6 Å². The smallest absolute Gasteiger partial charge is 0.407 e. The number of esters is 2. The second-order valence-corrected chi connectivity index (χ2v) is 40.2. The van der Waals surface area contributed by atoms with Gasteiger partial charge in [-0.3, -0.25) is 76.8 Å². The third kappa shape index (κ3) is 47.9. The van der Waals surface area contributed by atoms with Gasteiger partial charge in [-0.1, -0.05) is 200 Å². The monoisotopic (exact) mass is 2030 g/mol. The molecule has 141 heavy (non-hydrogen) atoms. The van der Waals surface area contributed by atoms with E-state index in [-0.39, 0.29) is 166 Å². The third-order valence-electron chi connectivity index (χ3n) is 24.8. The Bertz CT molecular complexity index is 4670. The first-order valence-corrected chi connectivity index (χ1v) is 52.4. The van der Waals surface area contributed by atoms with Crippen molar-refractivity contribution in [1.29, 1.82) is 0 Å². The molecule has 1 aliphatic heterocycles. The minimum atomic E-state index is -1.51. The molecule has 2 heterocycles. The van der Waals surface area contributed by atoms with Gasteiger partial charge in [-0.2, -0.15) is 0 Å². The number of urea groups is 1. The van der Waals surface area contributed by atoms with Crippen molar-refractivity contribution in [2.45, 2.75) is 290 Å². The number of hydrogen-bond donors (Lipinski definition) is 13. The van der Waals surface area contributed by atoms with Crippen molar-refractivity contribution >= 4 is 139 Å². The van der Waals surface area contributed by atoms with Gasteiger partial charge in [-0.15, -0.1) is 11.3 Å². The number of hydrogen-bond acceptors (Lipinski definition) is 28. The molecular formula is C101H147N11O26S3. The fourth-order valence-corrected chi connectivity index (χ4v) is 19.4. The van der Waals surface area contributed by atoms with Crippen LogP contribution >= 0.6 is 32.9 Å². The van der Waals surface area contributed by atoms with Crippen LogP contribution in [0.2, 0.25) is 0 Å². The van der Waals surface area contributed by atoms with Crippen LogP contribution in [0.1, 0.15) is 267 Å². The molecular weight excluding hydrogens is 1880 g/mol. The standard InChI is InChI=1S/C101H147N11O26S3/c1-9-30-93(126)137-63-112(97(129)76(65(5)10-2)57-86(118)81-35-26-28-46-111(81)8)82(64(3)4)58-88(138-67(7)113)96-109-80(62-139-96)95(128)107-74(51-70-38-40-75(114)41-39-70)49-66(6)87(119)60-106-101(135)136-47-48-140-141-61-73(98(130)131)55-83(115)71(56-92(124)125)53-84(116)77(102)59-105-94(127)72(50-68-31-21-19-22-32-68)54-85(117)79(52-69-33-23-20-24-34-69)108-90(121)36-25-17-15-13-11-12-14-16-18-27-44-103-89(120)43-42-78(99(132)133)110-100(134)104-45-29-37-91(122)123/h19-24,31-34,38-41,62,64-66,71-74,76-79,81-82,88,114H,9-18,25-30,35-37,42-61,63,102H2,1-8H3,(H,103,120)(H,105,127)(H,106,135)(H,107,128)(H,108,121)(H,122,123)(H,124,125)(H,130,131)(H,132,133)(H2,104,110,134)/t65?,66-,71-,72+,73+,74+,76-,77-,78-,79-,81+,82+,88+/m0/s1. The molecule has 1 unspecified atom stereocenters. The van der Waals surface area contributed by atoms with E-state index < -0.39 is 188 Å². The number of likely N-dealkylation sites (tertiary alicyclic amines) is 1. The number of nitrogens with two attached hydrogens (primary N) is 1. The average Bonchev–Trinajstić information content (AvgIpc) is 1.80. The number of nitrogens with one attached hydrogen (secondary N) is 7. The van der Waals surface area contributed by atoms with Gasteiger partial charge in [0, 0.05) is 137 Å². The van der Waals surface area contributed by atoms with Crippen molar-refractivity contribution in [3.05, 3.63) is 118 Å². The van der Waals surface area contributed by atoms with E-state index in [4.69, 9.17) is 25.1 Å². The first-order valence-electron chi connectivity index (χ1n) is 49.0. The van der Waals surface area contributed by atoms with Gasteiger partial charge in [-0.05, 0) is 125 Å². The molecule has 5 rings (SSSR count). The molecule has 1 aromatic heterocycles. The quantitative estimate of drug-likeness (QED) is 0.00642. The summed E-state index contributed by atoms with van der Waals surface area (Å²) in [5.74, 6) is -17.4. The number of carbonyl (C=O) groups excluding carboxylic acids is 14. The Kier molecular flexibility index (Phi) is 56.7. The molecule has 37 nitrogen and oxygen atoms in total. The number of carbonyl (C=O) groups is 18. The van der Waals surface area contributed by atoms with E-state index in [9.17, 15) is 102 Å². The van der Waals surface area contributed by atoms with Crippen LogP contribution < -0.4 is 43.0 Å². The topological polar surface area (TPSA) is 566 Å². The van der Waals surface area contributed by atoms with E-state index in [1.165, 1.54) is 29.3 Å². The molecule has 14 N–H and O–H groups in total. The SMILES string of the molecule is CCCC(=O)OCN(C(=O)[C@@H](CC(=O)[C@H]1CCCCN1C)C(C)CC)[C@H](C[C@@H](OC(C)=O)c1nc(C(=O)N[C@@H](Cc2ccc(O)cc2)C[C@H](C)C(=O)CNC(=O)OCCSSC[C@@H](CC(=O)[C@H](CC(=O)O)CC(=O)[C@@H](N)CNC(=O)[C@@H](CC(=O)[C@H](Cc2ccccc2)NC(=O)CCCCCCCCCCCCNC(=O)CC[C@H](NC(=O)NCCCC(=O)O)C(=O)O)Cc2ccccc2)C(=O)O)cs1)C(C)C. The molecule has 4 aromatic rings. The number of aromatic hydroxyl groups is 1.